The van der Waals surface area contributed by atoms with E-state index in [0.717, 1.165) is 11.1 Å². The van der Waals surface area contributed by atoms with Crippen molar-refractivity contribution >= 4 is 34.8 Å². The average molecular weight is 333 g/mol. The van der Waals surface area contributed by atoms with Gasteiger partial charge in [0.25, 0.3) is 0 Å². The van der Waals surface area contributed by atoms with Crippen molar-refractivity contribution in [3.63, 3.8) is 0 Å². The van der Waals surface area contributed by atoms with Gasteiger partial charge in [-0.1, -0.05) is 23.7 Å². The molecule has 0 atom stereocenters. The summed E-state index contributed by atoms with van der Waals surface area (Å²) in [5, 5.41) is 5.44. The first kappa shape index (κ1) is 16.8. The maximum Gasteiger partial charge on any atom is 0.314 e. The Morgan fingerprint density at radius 2 is 1.70 bits per heavy atom. The minimum atomic E-state index is -0.771. The molecule has 0 unspecified atom stereocenters. The molecule has 0 heterocycles. The maximum atomic E-state index is 12.0. The van der Waals surface area contributed by atoms with Crippen LogP contribution < -0.4 is 15.4 Å². The van der Waals surface area contributed by atoms with Gasteiger partial charge in [-0.05, 0) is 49.2 Å². The zero-order valence-corrected chi connectivity index (χ0v) is 13.8. The van der Waals surface area contributed by atoms with Gasteiger partial charge in [-0.25, -0.2) is 0 Å². The second kappa shape index (κ2) is 7.15. The number of aryl methyl sites for hydroxylation is 2. The first-order valence-corrected chi connectivity index (χ1v) is 7.31. The molecule has 2 amide bonds. The molecule has 2 N–H and O–H groups in total. The maximum absolute atomic E-state index is 12.0. The van der Waals surface area contributed by atoms with E-state index in [0.29, 0.717) is 22.1 Å². The summed E-state index contributed by atoms with van der Waals surface area (Å²) < 4.78 is 5.03. The van der Waals surface area contributed by atoms with Crippen LogP contribution in [0.1, 0.15) is 11.1 Å². The molecule has 5 nitrogen and oxygen atoms in total. The lowest BCUT2D eigenvalue weighted by Gasteiger charge is -2.10. The fraction of sp³-hybridized carbons (Fsp3) is 0.176. The van der Waals surface area contributed by atoms with E-state index in [4.69, 9.17) is 16.3 Å². The molecule has 0 radical (unpaired) electrons. The molecule has 2 aromatic carbocycles. The Balaban J connectivity index is 2.07. The number of rotatable bonds is 3. The summed E-state index contributed by atoms with van der Waals surface area (Å²) in [7, 11) is 1.50. The molecule has 0 aliphatic rings. The summed E-state index contributed by atoms with van der Waals surface area (Å²) in [6, 6.07) is 10.4. The van der Waals surface area contributed by atoms with Crippen molar-refractivity contribution in [3.8, 4) is 5.75 Å². The van der Waals surface area contributed by atoms with Crippen LogP contribution in [-0.4, -0.2) is 18.9 Å². The van der Waals surface area contributed by atoms with Crippen LogP contribution in [0, 0.1) is 13.8 Å². The van der Waals surface area contributed by atoms with Crippen molar-refractivity contribution in [2.45, 2.75) is 13.8 Å². The highest BCUT2D eigenvalue weighted by Crippen LogP contribution is 2.27. The van der Waals surface area contributed by atoms with E-state index < -0.39 is 11.8 Å². The summed E-state index contributed by atoms with van der Waals surface area (Å²) >= 11 is 5.98. The van der Waals surface area contributed by atoms with Crippen LogP contribution in [0.5, 0.6) is 5.75 Å². The second-order valence-corrected chi connectivity index (χ2v) is 5.48. The van der Waals surface area contributed by atoms with Gasteiger partial charge in [0.1, 0.15) is 5.75 Å². The largest absolute Gasteiger partial charge is 0.495 e. The fourth-order valence-corrected chi connectivity index (χ4v) is 2.24. The number of amides is 2. The second-order valence-electron chi connectivity index (χ2n) is 5.08. The zero-order valence-electron chi connectivity index (χ0n) is 13.1. The number of anilines is 2. The molecule has 23 heavy (non-hydrogen) atoms. The van der Waals surface area contributed by atoms with Gasteiger partial charge >= 0.3 is 11.8 Å². The first-order valence-electron chi connectivity index (χ1n) is 6.94. The van der Waals surface area contributed by atoms with Crippen LogP contribution in [0.4, 0.5) is 11.4 Å². The lowest BCUT2D eigenvalue weighted by atomic mass is 10.1. The van der Waals surface area contributed by atoms with Crippen molar-refractivity contribution < 1.29 is 14.3 Å². The normalized spacial score (nSPS) is 10.1. The highest BCUT2D eigenvalue weighted by molar-refractivity contribution is 6.43. The Morgan fingerprint density at radius 1 is 1.00 bits per heavy atom. The third kappa shape index (κ3) is 4.23. The molecule has 0 saturated heterocycles. The molecule has 0 aliphatic heterocycles. The predicted octanol–water partition coefficient (Wildman–Crippen LogP) is 3.54. The van der Waals surface area contributed by atoms with E-state index in [2.05, 4.69) is 10.6 Å². The van der Waals surface area contributed by atoms with E-state index in [1.807, 2.05) is 32.0 Å². The first-order chi connectivity index (χ1) is 10.9. The summed E-state index contributed by atoms with van der Waals surface area (Å²) in [6.45, 7) is 3.77. The number of methoxy groups -OCH3 is 1. The lowest BCUT2D eigenvalue weighted by Crippen LogP contribution is -2.29. The summed E-state index contributed by atoms with van der Waals surface area (Å²) in [5.41, 5.74) is 2.90. The van der Waals surface area contributed by atoms with E-state index in [-0.39, 0.29) is 0 Å². The topological polar surface area (TPSA) is 67.4 Å². The van der Waals surface area contributed by atoms with E-state index in [9.17, 15) is 9.59 Å². The highest BCUT2D eigenvalue weighted by atomic mass is 35.5. The monoisotopic (exact) mass is 332 g/mol. The van der Waals surface area contributed by atoms with Gasteiger partial charge in [-0.2, -0.15) is 0 Å². The zero-order chi connectivity index (χ0) is 17.0. The fourth-order valence-electron chi connectivity index (χ4n) is 1.98. The molecule has 6 heteroatoms. The standard InChI is InChI=1S/C17H17ClN2O3/c1-10-4-5-11(2)14(8-10)20-17(22)16(21)19-12-6-7-15(23-3)13(18)9-12/h4-9H,1-3H3,(H,19,21)(H,20,22). The average Bonchev–Trinajstić information content (AvgIpc) is 2.51. The van der Waals surface area contributed by atoms with Crippen LogP contribution in [0.15, 0.2) is 36.4 Å². The summed E-state index contributed by atoms with van der Waals surface area (Å²) in [5.74, 6) is -1.03. The molecule has 0 saturated carbocycles. The molecule has 120 valence electrons. The minimum Gasteiger partial charge on any atom is -0.495 e. The van der Waals surface area contributed by atoms with Gasteiger partial charge in [-0.3, -0.25) is 9.59 Å². The van der Waals surface area contributed by atoms with Gasteiger partial charge in [0.15, 0.2) is 0 Å². The predicted molar refractivity (Wildman–Crippen MR) is 91.2 cm³/mol. The van der Waals surface area contributed by atoms with Crippen molar-refractivity contribution in [2.24, 2.45) is 0 Å². The number of carbonyl (C=O) groups is 2. The van der Waals surface area contributed by atoms with E-state index >= 15 is 0 Å². The van der Waals surface area contributed by atoms with Crippen LogP contribution >= 0.6 is 11.6 Å². The molecular weight excluding hydrogens is 316 g/mol. The number of hydrogen-bond acceptors (Lipinski definition) is 3. The van der Waals surface area contributed by atoms with Crippen LogP contribution in [0.25, 0.3) is 0 Å². The molecule has 2 aromatic rings. The summed E-state index contributed by atoms with van der Waals surface area (Å²) in [6.07, 6.45) is 0. The SMILES string of the molecule is COc1ccc(NC(=O)C(=O)Nc2cc(C)ccc2C)cc1Cl. The molecule has 2 rings (SSSR count). The number of halogens is 1. The molecule has 0 aromatic heterocycles. The van der Waals surface area contributed by atoms with Crippen LogP contribution in [0.2, 0.25) is 5.02 Å². The molecule has 0 aliphatic carbocycles. The van der Waals surface area contributed by atoms with Crippen molar-refractivity contribution in [1.29, 1.82) is 0 Å². The highest BCUT2D eigenvalue weighted by Gasteiger charge is 2.15. The molecular formula is C17H17ClN2O3. The molecule has 0 bridgehead atoms. The van der Waals surface area contributed by atoms with Crippen LogP contribution in [-0.2, 0) is 9.59 Å². The quantitative estimate of drug-likeness (QED) is 0.845. The Morgan fingerprint density at radius 3 is 2.35 bits per heavy atom. The van der Waals surface area contributed by atoms with Gasteiger partial charge in [0, 0.05) is 11.4 Å². The van der Waals surface area contributed by atoms with Gasteiger partial charge < -0.3 is 15.4 Å². The minimum absolute atomic E-state index is 0.347. The smallest absolute Gasteiger partial charge is 0.314 e. The number of hydrogen-bond donors (Lipinski definition) is 2. The van der Waals surface area contributed by atoms with Crippen molar-refractivity contribution in [3.05, 3.63) is 52.5 Å². The van der Waals surface area contributed by atoms with Gasteiger partial charge in [0.2, 0.25) is 0 Å². The molecule has 0 fully saturated rings. The van der Waals surface area contributed by atoms with Crippen molar-refractivity contribution in [1.82, 2.24) is 0 Å². The van der Waals surface area contributed by atoms with Crippen LogP contribution in [0.3, 0.4) is 0 Å². The Kier molecular flexibility index (Phi) is 5.24. The van der Waals surface area contributed by atoms with E-state index in [1.54, 1.807) is 12.1 Å². The Bertz CT molecular complexity index is 759. The van der Waals surface area contributed by atoms with E-state index in [1.165, 1.54) is 13.2 Å². The third-order valence-corrected chi connectivity index (χ3v) is 3.55. The Labute approximate surface area is 139 Å². The van der Waals surface area contributed by atoms with Gasteiger partial charge in [0.05, 0.1) is 12.1 Å². The lowest BCUT2D eigenvalue weighted by molar-refractivity contribution is -0.133. The number of carbonyl (C=O) groups excluding carboxylic acids is 2. The third-order valence-electron chi connectivity index (χ3n) is 3.26. The van der Waals surface area contributed by atoms with Gasteiger partial charge in [-0.15, -0.1) is 0 Å². The molecule has 0 spiro atoms. The summed E-state index contributed by atoms with van der Waals surface area (Å²) in [4.78, 5) is 24.0. The Hall–Kier alpha value is -2.53. The number of nitrogens with one attached hydrogen (secondary N) is 2. The number of benzene rings is 2. The number of ether oxygens (including phenoxy) is 1. The van der Waals surface area contributed by atoms with Crippen molar-refractivity contribution in [2.75, 3.05) is 17.7 Å².